The van der Waals surface area contributed by atoms with Crippen molar-refractivity contribution in [3.05, 3.63) is 70.9 Å². The Morgan fingerprint density at radius 1 is 1.14 bits per heavy atom. The average molecular weight is 416 g/mol. The Morgan fingerprint density at radius 2 is 1.82 bits per heavy atom. The summed E-state index contributed by atoms with van der Waals surface area (Å²) in [5, 5.41) is 3.44. The average Bonchev–Trinajstić information content (AvgIpc) is 3.21. The molecule has 1 aliphatic heterocycles. The monoisotopic (exact) mass is 415 g/mol. The molecule has 3 aromatic rings. The Kier molecular flexibility index (Phi) is 4.72. The second kappa shape index (κ2) is 7.07. The summed E-state index contributed by atoms with van der Waals surface area (Å²) in [6.07, 6.45) is 0. The first-order valence-electron chi connectivity index (χ1n) is 8.82. The van der Waals surface area contributed by atoms with E-state index < -0.39 is 9.84 Å². The first-order valence-corrected chi connectivity index (χ1v) is 10.8. The SMILES string of the molecule is C[C@@H](NC(=O)c1c(-c2ccc(Cl)cc2)nc2n1CCS2(=O)=O)c1ccccc1. The molecule has 6 nitrogen and oxygen atoms in total. The minimum absolute atomic E-state index is 0.0508. The maximum atomic E-state index is 13.1. The van der Waals surface area contributed by atoms with Crippen molar-refractivity contribution in [1.82, 2.24) is 14.9 Å². The number of sulfone groups is 1. The topological polar surface area (TPSA) is 81.1 Å². The molecule has 1 amide bonds. The fraction of sp³-hybridized carbons (Fsp3) is 0.200. The summed E-state index contributed by atoms with van der Waals surface area (Å²) in [7, 11) is -3.49. The van der Waals surface area contributed by atoms with Gasteiger partial charge < -0.3 is 9.88 Å². The number of benzene rings is 2. The fourth-order valence-electron chi connectivity index (χ4n) is 3.31. The third-order valence-electron chi connectivity index (χ3n) is 4.77. The number of nitrogens with zero attached hydrogens (tertiary/aromatic N) is 2. The molecular formula is C20H18ClN3O3S. The van der Waals surface area contributed by atoms with E-state index >= 15 is 0 Å². The number of amides is 1. The lowest BCUT2D eigenvalue weighted by atomic mass is 10.1. The first kappa shape index (κ1) is 18.7. The molecule has 0 unspecified atom stereocenters. The van der Waals surface area contributed by atoms with Crippen molar-refractivity contribution in [2.75, 3.05) is 5.75 Å². The Balaban J connectivity index is 1.77. The van der Waals surface area contributed by atoms with Gasteiger partial charge in [-0.1, -0.05) is 54.1 Å². The van der Waals surface area contributed by atoms with Crippen molar-refractivity contribution in [2.45, 2.75) is 24.7 Å². The predicted octanol–water partition coefficient (Wildman–Crippen LogP) is 3.48. The number of imidazole rings is 1. The van der Waals surface area contributed by atoms with Gasteiger partial charge in [0, 0.05) is 17.1 Å². The van der Waals surface area contributed by atoms with Crippen LogP contribution in [0.3, 0.4) is 0 Å². The third-order valence-corrected chi connectivity index (χ3v) is 6.61. The van der Waals surface area contributed by atoms with Crippen molar-refractivity contribution >= 4 is 27.3 Å². The van der Waals surface area contributed by atoms with E-state index in [1.165, 1.54) is 4.57 Å². The van der Waals surface area contributed by atoms with Gasteiger partial charge >= 0.3 is 0 Å². The zero-order chi connectivity index (χ0) is 19.9. The summed E-state index contributed by atoms with van der Waals surface area (Å²) >= 11 is 5.96. The minimum Gasteiger partial charge on any atom is -0.344 e. The van der Waals surface area contributed by atoms with E-state index in [0.717, 1.165) is 5.56 Å². The molecule has 0 saturated carbocycles. The van der Waals surface area contributed by atoms with E-state index in [4.69, 9.17) is 11.6 Å². The molecule has 0 bridgehead atoms. The molecular weight excluding hydrogens is 398 g/mol. The lowest BCUT2D eigenvalue weighted by Crippen LogP contribution is -2.29. The molecule has 4 rings (SSSR count). The molecule has 1 aliphatic rings. The second-order valence-electron chi connectivity index (χ2n) is 6.67. The summed E-state index contributed by atoms with van der Waals surface area (Å²) in [6.45, 7) is 2.09. The van der Waals surface area contributed by atoms with E-state index in [9.17, 15) is 13.2 Å². The molecule has 2 aromatic carbocycles. The van der Waals surface area contributed by atoms with Gasteiger partial charge in [0.15, 0.2) is 0 Å². The van der Waals surface area contributed by atoms with E-state index in [-0.39, 0.29) is 35.1 Å². The summed E-state index contributed by atoms with van der Waals surface area (Å²) in [5.74, 6) is -0.415. The van der Waals surface area contributed by atoms with E-state index in [2.05, 4.69) is 10.3 Å². The molecule has 1 N–H and O–H groups in total. The lowest BCUT2D eigenvalue weighted by molar-refractivity contribution is 0.0931. The quantitative estimate of drug-likeness (QED) is 0.707. The molecule has 1 atom stereocenters. The van der Waals surface area contributed by atoms with Crippen LogP contribution in [-0.2, 0) is 16.4 Å². The van der Waals surface area contributed by atoms with Gasteiger partial charge in [0.1, 0.15) is 11.4 Å². The van der Waals surface area contributed by atoms with Gasteiger partial charge in [-0.25, -0.2) is 13.4 Å². The van der Waals surface area contributed by atoms with Crippen molar-refractivity contribution < 1.29 is 13.2 Å². The number of aromatic nitrogens is 2. The van der Waals surface area contributed by atoms with Gasteiger partial charge in [0.25, 0.3) is 5.91 Å². The van der Waals surface area contributed by atoms with Crippen molar-refractivity contribution in [1.29, 1.82) is 0 Å². The van der Waals surface area contributed by atoms with Crippen LogP contribution in [0.15, 0.2) is 59.8 Å². The van der Waals surface area contributed by atoms with Crippen LogP contribution >= 0.6 is 11.6 Å². The van der Waals surface area contributed by atoms with Crippen molar-refractivity contribution in [3.63, 3.8) is 0 Å². The van der Waals surface area contributed by atoms with Gasteiger partial charge in [0.05, 0.1) is 11.8 Å². The highest BCUT2D eigenvalue weighted by molar-refractivity contribution is 7.91. The maximum absolute atomic E-state index is 13.1. The zero-order valence-corrected chi connectivity index (χ0v) is 16.7. The molecule has 0 fully saturated rings. The van der Waals surface area contributed by atoms with Crippen LogP contribution in [0.4, 0.5) is 0 Å². The van der Waals surface area contributed by atoms with Crippen LogP contribution in [0.25, 0.3) is 11.3 Å². The first-order chi connectivity index (χ1) is 13.4. The molecule has 28 heavy (non-hydrogen) atoms. The number of hydrogen-bond donors (Lipinski definition) is 1. The summed E-state index contributed by atoms with van der Waals surface area (Å²) in [4.78, 5) is 17.4. The molecule has 0 saturated heterocycles. The largest absolute Gasteiger partial charge is 0.344 e. The normalized spacial score (nSPS) is 15.8. The number of rotatable bonds is 4. The summed E-state index contributed by atoms with van der Waals surface area (Å²) < 4.78 is 26.2. The molecule has 8 heteroatoms. The van der Waals surface area contributed by atoms with Crippen LogP contribution in [0.5, 0.6) is 0 Å². The maximum Gasteiger partial charge on any atom is 0.270 e. The van der Waals surface area contributed by atoms with Crippen LogP contribution in [0, 0.1) is 0 Å². The Labute approximate surface area is 168 Å². The third kappa shape index (κ3) is 3.31. The van der Waals surface area contributed by atoms with Crippen LogP contribution < -0.4 is 5.32 Å². The van der Waals surface area contributed by atoms with E-state index in [1.807, 2.05) is 37.3 Å². The highest BCUT2D eigenvalue weighted by Crippen LogP contribution is 2.31. The smallest absolute Gasteiger partial charge is 0.270 e. The Bertz CT molecular complexity index is 1140. The van der Waals surface area contributed by atoms with Gasteiger partial charge in [-0.2, -0.15) is 0 Å². The molecule has 2 heterocycles. The number of carbonyl (C=O) groups is 1. The number of nitrogens with one attached hydrogen (secondary N) is 1. The molecule has 1 aromatic heterocycles. The molecule has 0 radical (unpaired) electrons. The number of carbonyl (C=O) groups excluding carboxylic acids is 1. The van der Waals surface area contributed by atoms with Gasteiger partial charge in [-0.05, 0) is 24.6 Å². The molecule has 0 aliphatic carbocycles. The van der Waals surface area contributed by atoms with Crippen molar-refractivity contribution in [2.24, 2.45) is 0 Å². The fourth-order valence-corrected chi connectivity index (χ4v) is 4.79. The van der Waals surface area contributed by atoms with Gasteiger partial charge in [0.2, 0.25) is 15.0 Å². The van der Waals surface area contributed by atoms with Crippen LogP contribution in [0.2, 0.25) is 5.02 Å². The Morgan fingerprint density at radius 3 is 2.50 bits per heavy atom. The minimum atomic E-state index is -3.49. The van der Waals surface area contributed by atoms with E-state index in [1.54, 1.807) is 24.3 Å². The highest BCUT2D eigenvalue weighted by Gasteiger charge is 2.35. The van der Waals surface area contributed by atoms with Gasteiger partial charge in [-0.15, -0.1) is 0 Å². The zero-order valence-electron chi connectivity index (χ0n) is 15.1. The van der Waals surface area contributed by atoms with Crippen molar-refractivity contribution in [3.8, 4) is 11.3 Å². The van der Waals surface area contributed by atoms with Crippen LogP contribution in [0.1, 0.15) is 29.0 Å². The highest BCUT2D eigenvalue weighted by atomic mass is 35.5. The predicted molar refractivity (Wildman–Crippen MR) is 107 cm³/mol. The molecule has 0 spiro atoms. The summed E-state index contributed by atoms with van der Waals surface area (Å²) in [5.41, 5.74) is 2.19. The molecule has 144 valence electrons. The Hall–Kier alpha value is -2.64. The van der Waals surface area contributed by atoms with E-state index in [0.29, 0.717) is 16.3 Å². The van der Waals surface area contributed by atoms with Crippen LogP contribution in [-0.4, -0.2) is 29.6 Å². The summed E-state index contributed by atoms with van der Waals surface area (Å²) in [6, 6.07) is 16.2. The number of fused-ring (bicyclic) bond motifs is 1. The van der Waals surface area contributed by atoms with Gasteiger partial charge in [-0.3, -0.25) is 4.79 Å². The number of hydrogen-bond acceptors (Lipinski definition) is 4. The standard InChI is InChI=1S/C20H18ClN3O3S/c1-13(14-5-3-2-4-6-14)22-19(25)18-17(15-7-9-16(21)10-8-15)23-20-24(18)11-12-28(20,26)27/h2-10,13H,11-12H2,1H3,(H,22,25)/t13-/m1/s1. The lowest BCUT2D eigenvalue weighted by Gasteiger charge is -2.15. The number of halogens is 1. The second-order valence-corrected chi connectivity index (χ2v) is 9.11.